The van der Waals surface area contributed by atoms with E-state index in [1.54, 1.807) is 11.3 Å². The second-order valence-corrected chi connectivity index (χ2v) is 3.87. The summed E-state index contributed by atoms with van der Waals surface area (Å²) in [6.07, 6.45) is 0. The highest BCUT2D eigenvalue weighted by Gasteiger charge is 2.00. The third kappa shape index (κ3) is 3.43. The number of rotatable bonds is 3. The van der Waals surface area contributed by atoms with Gasteiger partial charge in [0.1, 0.15) is 0 Å². The van der Waals surface area contributed by atoms with Crippen LogP contribution in [0.1, 0.15) is 9.75 Å². The van der Waals surface area contributed by atoms with E-state index in [0.717, 1.165) is 4.88 Å². The predicted octanol–water partition coefficient (Wildman–Crippen LogP) is 1.42. The van der Waals surface area contributed by atoms with Gasteiger partial charge in [0.05, 0.1) is 13.7 Å². The van der Waals surface area contributed by atoms with Crippen molar-refractivity contribution in [2.45, 2.75) is 13.5 Å². The summed E-state index contributed by atoms with van der Waals surface area (Å²) < 4.78 is 0. The molecular weight excluding hydrogens is 188 g/mol. The molecule has 1 aromatic rings. The Kier molecular flexibility index (Phi) is 3.72. The number of carbonyl (C=O) groups is 1. The van der Waals surface area contributed by atoms with Crippen LogP contribution in [0, 0.1) is 6.92 Å². The number of thiophene rings is 1. The van der Waals surface area contributed by atoms with Crippen LogP contribution in [-0.4, -0.2) is 13.1 Å². The van der Waals surface area contributed by atoms with Gasteiger partial charge in [0.2, 0.25) is 0 Å². The summed E-state index contributed by atoms with van der Waals surface area (Å²) in [5.74, 6) is 0. The van der Waals surface area contributed by atoms with Gasteiger partial charge in [0, 0.05) is 9.75 Å². The molecule has 5 heteroatoms. The monoisotopic (exact) mass is 200 g/mol. The Morgan fingerprint density at radius 3 is 2.92 bits per heavy atom. The molecule has 0 aliphatic carbocycles. The number of urea groups is 1. The fourth-order valence-corrected chi connectivity index (χ4v) is 1.71. The van der Waals surface area contributed by atoms with E-state index in [0.29, 0.717) is 6.54 Å². The van der Waals surface area contributed by atoms with Gasteiger partial charge in [-0.3, -0.25) is 4.84 Å². The summed E-state index contributed by atoms with van der Waals surface area (Å²) in [7, 11) is 1.40. The zero-order valence-corrected chi connectivity index (χ0v) is 8.40. The highest BCUT2D eigenvalue weighted by atomic mass is 32.1. The fraction of sp³-hybridized carbons (Fsp3) is 0.375. The second kappa shape index (κ2) is 4.84. The average molecular weight is 200 g/mol. The maximum atomic E-state index is 10.9. The van der Waals surface area contributed by atoms with E-state index in [2.05, 4.69) is 15.6 Å². The molecular formula is C8H12N2O2S. The van der Waals surface area contributed by atoms with Crippen molar-refractivity contribution in [1.29, 1.82) is 0 Å². The Balaban J connectivity index is 2.30. The zero-order chi connectivity index (χ0) is 9.68. The average Bonchev–Trinajstić information content (AvgIpc) is 2.49. The van der Waals surface area contributed by atoms with Crippen molar-refractivity contribution in [3.05, 3.63) is 21.9 Å². The minimum absolute atomic E-state index is 0.325. The van der Waals surface area contributed by atoms with E-state index in [4.69, 9.17) is 0 Å². The van der Waals surface area contributed by atoms with Gasteiger partial charge in [0.15, 0.2) is 0 Å². The first kappa shape index (κ1) is 10.0. The third-order valence-electron chi connectivity index (χ3n) is 1.41. The van der Waals surface area contributed by atoms with E-state index in [1.165, 1.54) is 12.0 Å². The molecule has 0 aliphatic heterocycles. The summed E-state index contributed by atoms with van der Waals surface area (Å²) in [6.45, 7) is 2.57. The molecule has 0 spiro atoms. The van der Waals surface area contributed by atoms with Crippen LogP contribution < -0.4 is 10.8 Å². The van der Waals surface area contributed by atoms with Crippen LogP contribution in [0.15, 0.2) is 12.1 Å². The van der Waals surface area contributed by atoms with Gasteiger partial charge in [0.25, 0.3) is 0 Å². The fourth-order valence-electron chi connectivity index (χ4n) is 0.876. The van der Waals surface area contributed by atoms with Gasteiger partial charge >= 0.3 is 6.03 Å². The highest BCUT2D eigenvalue weighted by Crippen LogP contribution is 2.14. The topological polar surface area (TPSA) is 50.4 Å². The minimum atomic E-state index is -0.325. The van der Waals surface area contributed by atoms with Crippen molar-refractivity contribution in [2.24, 2.45) is 0 Å². The van der Waals surface area contributed by atoms with E-state index in [1.807, 2.05) is 19.1 Å². The van der Waals surface area contributed by atoms with Gasteiger partial charge in [-0.25, -0.2) is 10.3 Å². The molecule has 4 nitrogen and oxygen atoms in total. The Hall–Kier alpha value is -1.07. The molecule has 1 aromatic heterocycles. The number of nitrogens with one attached hydrogen (secondary N) is 2. The van der Waals surface area contributed by atoms with Crippen molar-refractivity contribution in [1.82, 2.24) is 10.8 Å². The van der Waals surface area contributed by atoms with Crippen LogP contribution in [-0.2, 0) is 11.4 Å². The Morgan fingerprint density at radius 1 is 1.62 bits per heavy atom. The molecule has 0 bridgehead atoms. The number of hydroxylamine groups is 1. The Morgan fingerprint density at radius 2 is 2.38 bits per heavy atom. The molecule has 13 heavy (non-hydrogen) atoms. The van der Waals surface area contributed by atoms with Crippen molar-refractivity contribution < 1.29 is 9.63 Å². The van der Waals surface area contributed by atoms with E-state index in [9.17, 15) is 4.79 Å². The lowest BCUT2D eigenvalue weighted by molar-refractivity contribution is 0.107. The molecule has 0 saturated carbocycles. The number of hydrogen-bond donors (Lipinski definition) is 2. The van der Waals surface area contributed by atoms with Crippen LogP contribution >= 0.6 is 11.3 Å². The molecule has 72 valence electrons. The standard InChI is InChI=1S/C8H12N2O2S/c1-6-3-4-7(13-6)5-9-8(11)10-12-2/h3-4H,5H2,1-2H3,(H2,9,10,11). The van der Waals surface area contributed by atoms with Gasteiger partial charge in [-0.2, -0.15) is 0 Å². The first-order valence-corrected chi connectivity index (χ1v) is 4.66. The molecule has 1 rings (SSSR count). The molecule has 0 radical (unpaired) electrons. The molecule has 2 amide bonds. The van der Waals surface area contributed by atoms with Crippen molar-refractivity contribution in [2.75, 3.05) is 7.11 Å². The summed E-state index contributed by atoms with van der Waals surface area (Å²) in [6, 6.07) is 3.69. The van der Waals surface area contributed by atoms with Gasteiger partial charge < -0.3 is 5.32 Å². The van der Waals surface area contributed by atoms with Gasteiger partial charge in [-0.15, -0.1) is 11.3 Å². The van der Waals surface area contributed by atoms with Crippen LogP contribution in [0.25, 0.3) is 0 Å². The molecule has 2 N–H and O–H groups in total. The van der Waals surface area contributed by atoms with Gasteiger partial charge in [-0.05, 0) is 19.1 Å². The first-order chi connectivity index (χ1) is 6.22. The first-order valence-electron chi connectivity index (χ1n) is 3.84. The lowest BCUT2D eigenvalue weighted by Gasteiger charge is -2.02. The number of aryl methyl sites for hydroxylation is 1. The summed E-state index contributed by atoms with van der Waals surface area (Å²) >= 11 is 1.66. The second-order valence-electron chi connectivity index (χ2n) is 2.50. The summed E-state index contributed by atoms with van der Waals surface area (Å²) in [5, 5.41) is 2.65. The predicted molar refractivity (Wildman–Crippen MR) is 51.4 cm³/mol. The van der Waals surface area contributed by atoms with Crippen molar-refractivity contribution in [3.8, 4) is 0 Å². The van der Waals surface area contributed by atoms with Crippen LogP contribution in [0.4, 0.5) is 4.79 Å². The van der Waals surface area contributed by atoms with Crippen LogP contribution in [0.3, 0.4) is 0 Å². The highest BCUT2D eigenvalue weighted by molar-refractivity contribution is 7.11. The van der Waals surface area contributed by atoms with Gasteiger partial charge in [-0.1, -0.05) is 0 Å². The zero-order valence-electron chi connectivity index (χ0n) is 7.59. The smallest absolute Gasteiger partial charge is 0.331 e. The maximum absolute atomic E-state index is 10.9. The normalized spacial score (nSPS) is 9.69. The largest absolute Gasteiger partial charge is 0.338 e. The summed E-state index contributed by atoms with van der Waals surface area (Å²) in [5.41, 5.74) is 2.18. The molecule has 1 heterocycles. The van der Waals surface area contributed by atoms with E-state index < -0.39 is 0 Å². The van der Waals surface area contributed by atoms with E-state index >= 15 is 0 Å². The minimum Gasteiger partial charge on any atom is -0.331 e. The molecule has 0 saturated heterocycles. The third-order valence-corrected chi connectivity index (χ3v) is 2.41. The van der Waals surface area contributed by atoms with E-state index in [-0.39, 0.29) is 6.03 Å². The van der Waals surface area contributed by atoms with Crippen molar-refractivity contribution >= 4 is 17.4 Å². The number of carbonyl (C=O) groups excluding carboxylic acids is 1. The molecule has 0 unspecified atom stereocenters. The Bertz CT molecular complexity index is 285. The maximum Gasteiger partial charge on any atom is 0.338 e. The molecule has 0 aliphatic rings. The lowest BCUT2D eigenvalue weighted by Crippen LogP contribution is -2.33. The number of amides is 2. The Labute approximate surface area is 80.9 Å². The molecule has 0 atom stereocenters. The van der Waals surface area contributed by atoms with Crippen molar-refractivity contribution in [3.63, 3.8) is 0 Å². The van der Waals surface area contributed by atoms with Crippen LogP contribution in [0.2, 0.25) is 0 Å². The van der Waals surface area contributed by atoms with Crippen LogP contribution in [0.5, 0.6) is 0 Å². The quantitative estimate of drug-likeness (QED) is 0.725. The SMILES string of the molecule is CONC(=O)NCc1ccc(C)s1. The summed E-state index contributed by atoms with van der Waals surface area (Å²) in [4.78, 5) is 17.7. The lowest BCUT2D eigenvalue weighted by atomic mass is 10.4. The number of hydrogen-bond acceptors (Lipinski definition) is 3. The molecule has 0 aromatic carbocycles. The molecule has 0 fully saturated rings.